The fourth-order valence-corrected chi connectivity index (χ4v) is 3.20. The minimum Gasteiger partial charge on any atom is -0.348 e. The van der Waals surface area contributed by atoms with Gasteiger partial charge in [0.2, 0.25) is 5.43 Å². The number of para-hydroxylation sites is 1. The maximum atomic E-state index is 13.7. The number of fused-ring (bicyclic) bond motifs is 1. The van der Waals surface area contributed by atoms with E-state index in [2.05, 4.69) is 22.4 Å². The summed E-state index contributed by atoms with van der Waals surface area (Å²) in [5.74, 6) is -0.549. The van der Waals surface area contributed by atoms with Crippen molar-refractivity contribution in [2.45, 2.75) is 51.5 Å². The molecule has 0 spiro atoms. The molecular weight excluding hydrogens is 309 g/mol. The summed E-state index contributed by atoms with van der Waals surface area (Å²) < 4.78 is 13.7. The molecule has 1 saturated carbocycles. The summed E-state index contributed by atoms with van der Waals surface area (Å²) in [5, 5.41) is 9.43. The lowest BCUT2D eigenvalue weighted by Crippen LogP contribution is -2.44. The fourth-order valence-electron chi connectivity index (χ4n) is 3.20. The van der Waals surface area contributed by atoms with Gasteiger partial charge in [0.25, 0.3) is 5.91 Å². The molecule has 1 aromatic heterocycles. The Kier molecular flexibility index (Phi) is 4.92. The van der Waals surface area contributed by atoms with Crippen LogP contribution in [0.3, 0.4) is 0 Å². The normalized spacial score (nSPS) is 15.9. The minimum absolute atomic E-state index is 0.0283. The number of halogens is 1. The molecule has 0 saturated heterocycles. The number of hydrogen-bond acceptors (Lipinski definition) is 3. The molecule has 0 aliphatic heterocycles. The fraction of sp³-hybridized carbons (Fsp3) is 0.500. The van der Waals surface area contributed by atoms with E-state index in [0.29, 0.717) is 5.92 Å². The Labute approximate surface area is 139 Å². The van der Waals surface area contributed by atoms with E-state index in [9.17, 15) is 14.0 Å². The number of nitrogens with one attached hydrogen (secondary N) is 2. The van der Waals surface area contributed by atoms with Crippen LogP contribution in [0.2, 0.25) is 0 Å². The molecule has 5 nitrogen and oxygen atoms in total. The van der Waals surface area contributed by atoms with Crippen molar-refractivity contribution in [2.24, 2.45) is 5.92 Å². The van der Waals surface area contributed by atoms with E-state index in [4.69, 9.17) is 0 Å². The van der Waals surface area contributed by atoms with Gasteiger partial charge in [-0.25, -0.2) is 4.39 Å². The second-order valence-corrected chi connectivity index (χ2v) is 6.48. The van der Waals surface area contributed by atoms with E-state index in [0.717, 1.165) is 32.1 Å². The van der Waals surface area contributed by atoms with Crippen molar-refractivity contribution in [3.05, 3.63) is 39.9 Å². The second kappa shape index (κ2) is 7.11. The van der Waals surface area contributed by atoms with E-state index in [-0.39, 0.29) is 22.6 Å². The lowest BCUT2D eigenvalue weighted by atomic mass is 9.78. The van der Waals surface area contributed by atoms with Gasteiger partial charge >= 0.3 is 0 Å². The average molecular weight is 331 g/mol. The molecule has 1 aliphatic rings. The Bertz CT molecular complexity index is 798. The highest BCUT2D eigenvalue weighted by Crippen LogP contribution is 2.31. The topological polar surface area (TPSA) is 74.8 Å². The van der Waals surface area contributed by atoms with Gasteiger partial charge in [-0.3, -0.25) is 14.7 Å². The summed E-state index contributed by atoms with van der Waals surface area (Å²) in [4.78, 5) is 25.0. The molecule has 1 unspecified atom stereocenters. The number of unbranched alkanes of at least 4 members (excludes halogenated alkanes) is 1. The molecule has 24 heavy (non-hydrogen) atoms. The Hall–Kier alpha value is -2.24. The maximum absolute atomic E-state index is 13.7. The van der Waals surface area contributed by atoms with Crippen molar-refractivity contribution in [3.8, 4) is 0 Å². The van der Waals surface area contributed by atoms with Crippen molar-refractivity contribution in [3.63, 3.8) is 0 Å². The van der Waals surface area contributed by atoms with Gasteiger partial charge in [-0.15, -0.1) is 0 Å². The quantitative estimate of drug-likeness (QED) is 0.854. The van der Waals surface area contributed by atoms with Crippen molar-refractivity contribution in [1.82, 2.24) is 15.5 Å². The van der Waals surface area contributed by atoms with Crippen LogP contribution < -0.4 is 10.7 Å². The van der Waals surface area contributed by atoms with Gasteiger partial charge in [0, 0.05) is 6.04 Å². The van der Waals surface area contributed by atoms with Gasteiger partial charge in [-0.2, -0.15) is 5.10 Å². The summed E-state index contributed by atoms with van der Waals surface area (Å²) in [5.41, 5.74) is -0.710. The lowest BCUT2D eigenvalue weighted by Gasteiger charge is -2.34. The van der Waals surface area contributed by atoms with Gasteiger partial charge in [0.05, 0.1) is 5.39 Å². The maximum Gasteiger partial charge on any atom is 0.276 e. The highest BCUT2D eigenvalue weighted by molar-refractivity contribution is 5.95. The monoisotopic (exact) mass is 331 g/mol. The zero-order valence-corrected chi connectivity index (χ0v) is 13.8. The van der Waals surface area contributed by atoms with Crippen LogP contribution in [-0.4, -0.2) is 22.1 Å². The molecule has 1 fully saturated rings. The molecule has 1 aromatic carbocycles. The standard InChI is InChI=1S/C18H22FN3O2/c1-2-3-10-14(11-6-4-7-11)20-18(24)16-17(23)12-8-5-9-13(19)15(12)21-22-16/h5,8-9,11,14H,2-4,6-7,10H2,1H3,(H,20,24)(H,21,23). The molecule has 128 valence electrons. The van der Waals surface area contributed by atoms with Crippen LogP contribution in [0.5, 0.6) is 0 Å². The SMILES string of the molecule is CCCCC(NC(=O)c1n[nH]c2c(F)cccc2c1=O)C1CCC1. The molecular formula is C18H22FN3O2. The third-order valence-electron chi connectivity index (χ3n) is 4.87. The number of aromatic amines is 1. The summed E-state index contributed by atoms with van der Waals surface area (Å²) >= 11 is 0. The number of rotatable bonds is 6. The first kappa shape index (κ1) is 16.6. The lowest BCUT2D eigenvalue weighted by molar-refractivity contribution is 0.0888. The Morgan fingerprint density at radius 3 is 2.92 bits per heavy atom. The first-order valence-electron chi connectivity index (χ1n) is 8.59. The van der Waals surface area contributed by atoms with Crippen LogP contribution in [0.4, 0.5) is 4.39 Å². The largest absolute Gasteiger partial charge is 0.348 e. The molecule has 2 aromatic rings. The van der Waals surface area contributed by atoms with E-state index >= 15 is 0 Å². The highest BCUT2D eigenvalue weighted by Gasteiger charge is 2.29. The predicted molar refractivity (Wildman–Crippen MR) is 90.4 cm³/mol. The number of nitrogens with zero attached hydrogens (tertiary/aromatic N) is 1. The predicted octanol–water partition coefficient (Wildman–Crippen LogP) is 3.15. The molecule has 6 heteroatoms. The Morgan fingerprint density at radius 2 is 2.25 bits per heavy atom. The number of hydrogen-bond donors (Lipinski definition) is 2. The average Bonchev–Trinajstić information content (AvgIpc) is 2.52. The Morgan fingerprint density at radius 1 is 1.46 bits per heavy atom. The minimum atomic E-state index is -0.556. The number of carbonyl (C=O) groups is 1. The third-order valence-corrected chi connectivity index (χ3v) is 4.87. The van der Waals surface area contributed by atoms with Crippen molar-refractivity contribution >= 4 is 16.8 Å². The van der Waals surface area contributed by atoms with Gasteiger partial charge in [-0.1, -0.05) is 32.3 Å². The van der Waals surface area contributed by atoms with E-state index in [1.165, 1.54) is 24.6 Å². The van der Waals surface area contributed by atoms with Gasteiger partial charge < -0.3 is 5.32 Å². The molecule has 0 bridgehead atoms. The first-order valence-corrected chi connectivity index (χ1v) is 8.59. The third kappa shape index (κ3) is 3.18. The second-order valence-electron chi connectivity index (χ2n) is 6.48. The van der Waals surface area contributed by atoms with Crippen LogP contribution in [0.1, 0.15) is 55.9 Å². The van der Waals surface area contributed by atoms with Crippen molar-refractivity contribution in [1.29, 1.82) is 0 Å². The molecule has 2 N–H and O–H groups in total. The highest BCUT2D eigenvalue weighted by atomic mass is 19.1. The number of carbonyl (C=O) groups excluding carboxylic acids is 1. The number of benzene rings is 1. The first-order chi connectivity index (χ1) is 11.6. The zero-order valence-electron chi connectivity index (χ0n) is 13.8. The molecule has 3 rings (SSSR count). The van der Waals surface area contributed by atoms with Crippen LogP contribution >= 0.6 is 0 Å². The van der Waals surface area contributed by atoms with Crippen molar-refractivity contribution in [2.75, 3.05) is 0 Å². The zero-order chi connectivity index (χ0) is 17.1. The molecule has 0 radical (unpaired) electrons. The smallest absolute Gasteiger partial charge is 0.276 e. The summed E-state index contributed by atoms with van der Waals surface area (Å²) in [6, 6.07) is 4.27. The van der Waals surface area contributed by atoms with E-state index in [1.807, 2.05) is 0 Å². The molecule has 1 atom stereocenters. The summed E-state index contributed by atoms with van der Waals surface area (Å²) in [6.07, 6.45) is 6.42. The van der Waals surface area contributed by atoms with Crippen LogP contribution in [0.15, 0.2) is 23.0 Å². The molecule has 1 heterocycles. The summed E-state index contributed by atoms with van der Waals surface area (Å²) in [7, 11) is 0. The van der Waals surface area contributed by atoms with Crippen LogP contribution in [0.25, 0.3) is 10.9 Å². The number of aromatic nitrogens is 2. The molecule has 1 aliphatic carbocycles. The van der Waals surface area contributed by atoms with Gasteiger partial charge in [0.15, 0.2) is 5.69 Å². The van der Waals surface area contributed by atoms with Crippen molar-refractivity contribution < 1.29 is 9.18 Å². The van der Waals surface area contributed by atoms with E-state index in [1.54, 1.807) is 0 Å². The molecule has 1 amide bonds. The Balaban J connectivity index is 1.85. The van der Waals surface area contributed by atoms with E-state index < -0.39 is 17.2 Å². The number of amides is 1. The number of H-pyrrole nitrogens is 1. The van der Waals surface area contributed by atoms with Gasteiger partial charge in [-0.05, 0) is 37.3 Å². The van der Waals surface area contributed by atoms with Gasteiger partial charge in [0.1, 0.15) is 11.3 Å². The summed E-state index contributed by atoms with van der Waals surface area (Å²) in [6.45, 7) is 2.11. The van der Waals surface area contributed by atoms with Crippen LogP contribution in [-0.2, 0) is 0 Å². The van der Waals surface area contributed by atoms with Crippen LogP contribution in [0, 0.1) is 11.7 Å².